The van der Waals surface area contributed by atoms with Crippen LogP contribution in [0.3, 0.4) is 0 Å². The van der Waals surface area contributed by atoms with Crippen LogP contribution in [0.25, 0.3) is 0 Å². The number of hydrogen-bond acceptors (Lipinski definition) is 4. The first-order valence-electron chi connectivity index (χ1n) is 8.67. The van der Waals surface area contributed by atoms with Gasteiger partial charge in [0.15, 0.2) is 0 Å². The van der Waals surface area contributed by atoms with Crippen LogP contribution in [0.2, 0.25) is 0 Å². The predicted octanol–water partition coefficient (Wildman–Crippen LogP) is 3.79. The Balaban J connectivity index is 1.80. The third kappa shape index (κ3) is 5.57. The van der Waals surface area contributed by atoms with Crippen molar-refractivity contribution in [3.8, 4) is 0 Å². The van der Waals surface area contributed by atoms with E-state index in [1.165, 1.54) is 6.07 Å². The van der Waals surface area contributed by atoms with Gasteiger partial charge in [-0.25, -0.2) is 18.1 Å². The number of rotatable bonds is 5. The maximum absolute atomic E-state index is 12.5. The zero-order valence-corrected chi connectivity index (χ0v) is 16.0. The van der Waals surface area contributed by atoms with Crippen LogP contribution in [0.15, 0.2) is 18.3 Å². The van der Waals surface area contributed by atoms with Gasteiger partial charge in [0.2, 0.25) is 10.0 Å². The van der Waals surface area contributed by atoms with E-state index in [0.29, 0.717) is 12.4 Å². The summed E-state index contributed by atoms with van der Waals surface area (Å²) in [7, 11) is -3.34. The van der Waals surface area contributed by atoms with Crippen LogP contribution < -0.4 is 10.0 Å². The fraction of sp³-hybridized carbons (Fsp3) is 0.706. The van der Waals surface area contributed by atoms with E-state index in [4.69, 9.17) is 0 Å². The van der Waals surface area contributed by atoms with Crippen molar-refractivity contribution < 1.29 is 21.6 Å². The summed E-state index contributed by atoms with van der Waals surface area (Å²) in [6, 6.07) is 2.49. The standard InChI is InChI=1S/C17H26F3N3O2S/c1-16(2,3)26(24,25)22-10-12-4-7-14(8-5-12)23-15-9-6-13(11-21-15)17(18,19)20/h6,9,11-12,14,22H,4-5,7-8,10H2,1-3H3,(H,21,23)/t12-,14-. The molecule has 1 heterocycles. The minimum Gasteiger partial charge on any atom is -0.367 e. The number of hydrogen-bond donors (Lipinski definition) is 2. The van der Waals surface area contributed by atoms with E-state index in [-0.39, 0.29) is 12.0 Å². The second-order valence-electron chi connectivity index (χ2n) is 7.76. The minimum absolute atomic E-state index is 0.134. The molecule has 0 bridgehead atoms. The van der Waals surface area contributed by atoms with E-state index in [9.17, 15) is 21.6 Å². The molecule has 2 rings (SSSR count). The predicted molar refractivity (Wildman–Crippen MR) is 95.3 cm³/mol. The SMILES string of the molecule is CC(C)(C)S(=O)(=O)NC[C@H]1CC[C@H](Nc2ccc(C(F)(F)F)cn2)CC1. The number of nitrogens with one attached hydrogen (secondary N) is 2. The fourth-order valence-corrected chi connectivity index (χ4v) is 3.70. The summed E-state index contributed by atoms with van der Waals surface area (Å²) in [4.78, 5) is 3.83. The van der Waals surface area contributed by atoms with Gasteiger partial charge in [-0.05, 0) is 64.5 Å². The first-order chi connectivity index (χ1) is 11.9. The van der Waals surface area contributed by atoms with Gasteiger partial charge < -0.3 is 5.32 Å². The molecule has 5 nitrogen and oxygen atoms in total. The van der Waals surface area contributed by atoms with E-state index in [1.807, 2.05) is 0 Å². The van der Waals surface area contributed by atoms with Crippen LogP contribution in [-0.2, 0) is 16.2 Å². The molecule has 1 fully saturated rings. The third-order valence-electron chi connectivity index (χ3n) is 4.66. The molecular formula is C17H26F3N3O2S. The molecule has 0 radical (unpaired) electrons. The average Bonchev–Trinajstić information content (AvgIpc) is 2.53. The van der Waals surface area contributed by atoms with Crippen LogP contribution >= 0.6 is 0 Å². The first kappa shape index (κ1) is 21.0. The summed E-state index contributed by atoms with van der Waals surface area (Å²) in [5, 5.41) is 3.16. The van der Waals surface area contributed by atoms with E-state index < -0.39 is 26.5 Å². The number of sulfonamides is 1. The highest BCUT2D eigenvalue weighted by Crippen LogP contribution is 2.30. The first-order valence-corrected chi connectivity index (χ1v) is 10.2. The van der Waals surface area contributed by atoms with Crippen molar-refractivity contribution >= 4 is 15.8 Å². The Hall–Kier alpha value is -1.35. The molecule has 0 aliphatic heterocycles. The molecule has 26 heavy (non-hydrogen) atoms. The maximum Gasteiger partial charge on any atom is 0.417 e. The van der Waals surface area contributed by atoms with Gasteiger partial charge in [-0.3, -0.25) is 0 Å². The molecule has 0 unspecified atom stereocenters. The summed E-state index contributed by atoms with van der Waals surface area (Å²) in [5.41, 5.74) is -0.766. The van der Waals surface area contributed by atoms with Gasteiger partial charge in [0.1, 0.15) is 5.82 Å². The molecule has 0 spiro atoms. The van der Waals surface area contributed by atoms with Crippen molar-refractivity contribution in [3.05, 3.63) is 23.9 Å². The van der Waals surface area contributed by atoms with Crippen LogP contribution in [0.1, 0.15) is 52.0 Å². The van der Waals surface area contributed by atoms with Crippen LogP contribution in [0.5, 0.6) is 0 Å². The van der Waals surface area contributed by atoms with E-state index >= 15 is 0 Å². The lowest BCUT2D eigenvalue weighted by Crippen LogP contribution is -2.42. The second kappa shape index (κ2) is 7.72. The molecule has 0 aromatic carbocycles. The fourth-order valence-electron chi connectivity index (χ4n) is 2.81. The average molecular weight is 393 g/mol. The number of nitrogens with zero attached hydrogens (tertiary/aromatic N) is 1. The van der Waals surface area contributed by atoms with Gasteiger partial charge >= 0.3 is 6.18 Å². The molecule has 0 saturated heterocycles. The topological polar surface area (TPSA) is 71.1 Å². The molecule has 1 saturated carbocycles. The summed E-state index contributed by atoms with van der Waals surface area (Å²) in [6.45, 7) is 5.40. The lowest BCUT2D eigenvalue weighted by Gasteiger charge is -2.30. The summed E-state index contributed by atoms with van der Waals surface area (Å²) in [5.74, 6) is 0.695. The van der Waals surface area contributed by atoms with Crippen molar-refractivity contribution in [2.75, 3.05) is 11.9 Å². The molecule has 1 aliphatic carbocycles. The number of halogens is 3. The van der Waals surface area contributed by atoms with Crippen LogP contribution in [0.4, 0.5) is 19.0 Å². The lowest BCUT2D eigenvalue weighted by atomic mass is 9.86. The van der Waals surface area contributed by atoms with Crippen molar-refractivity contribution in [1.29, 1.82) is 0 Å². The van der Waals surface area contributed by atoms with Gasteiger partial charge in [-0.2, -0.15) is 13.2 Å². The van der Waals surface area contributed by atoms with Crippen molar-refractivity contribution in [2.24, 2.45) is 5.92 Å². The van der Waals surface area contributed by atoms with Crippen LogP contribution in [0, 0.1) is 5.92 Å². The summed E-state index contributed by atoms with van der Waals surface area (Å²) in [6.07, 6.45) is -0.204. The van der Waals surface area contributed by atoms with E-state index in [2.05, 4.69) is 15.0 Å². The molecule has 148 valence electrons. The van der Waals surface area contributed by atoms with Crippen LogP contribution in [-0.4, -0.2) is 30.7 Å². The molecule has 9 heteroatoms. The van der Waals surface area contributed by atoms with Crippen molar-refractivity contribution in [2.45, 2.75) is 63.4 Å². The van der Waals surface area contributed by atoms with Gasteiger partial charge in [0.25, 0.3) is 0 Å². The smallest absolute Gasteiger partial charge is 0.367 e. The molecule has 1 aliphatic rings. The molecule has 0 atom stereocenters. The molecule has 1 aromatic heterocycles. The normalized spacial score (nSPS) is 22.2. The van der Waals surface area contributed by atoms with Gasteiger partial charge in [0.05, 0.1) is 10.3 Å². The van der Waals surface area contributed by atoms with Gasteiger partial charge in [-0.15, -0.1) is 0 Å². The molecule has 1 aromatic rings. The zero-order chi connectivity index (χ0) is 19.6. The Labute approximate surface area is 152 Å². The number of aromatic nitrogens is 1. The Morgan fingerprint density at radius 2 is 1.73 bits per heavy atom. The van der Waals surface area contributed by atoms with E-state index in [1.54, 1.807) is 20.8 Å². The highest BCUT2D eigenvalue weighted by molar-refractivity contribution is 7.90. The number of alkyl halides is 3. The zero-order valence-electron chi connectivity index (χ0n) is 15.2. The highest BCUT2D eigenvalue weighted by atomic mass is 32.2. The van der Waals surface area contributed by atoms with Crippen molar-refractivity contribution in [3.63, 3.8) is 0 Å². The Kier molecular flexibility index (Phi) is 6.22. The maximum atomic E-state index is 12.5. The Bertz CT molecular complexity index is 689. The second-order valence-corrected chi connectivity index (χ2v) is 10.3. The third-order valence-corrected chi connectivity index (χ3v) is 6.82. The highest BCUT2D eigenvalue weighted by Gasteiger charge is 2.31. The lowest BCUT2D eigenvalue weighted by molar-refractivity contribution is -0.137. The quantitative estimate of drug-likeness (QED) is 0.799. The molecular weight excluding hydrogens is 367 g/mol. The van der Waals surface area contributed by atoms with Gasteiger partial charge in [0, 0.05) is 18.8 Å². The largest absolute Gasteiger partial charge is 0.417 e. The molecule has 2 N–H and O–H groups in total. The summed E-state index contributed by atoms with van der Waals surface area (Å²) >= 11 is 0. The van der Waals surface area contributed by atoms with Crippen molar-refractivity contribution in [1.82, 2.24) is 9.71 Å². The van der Waals surface area contributed by atoms with E-state index in [0.717, 1.165) is 37.9 Å². The number of anilines is 1. The summed E-state index contributed by atoms with van der Waals surface area (Å²) < 4.78 is 63.7. The Morgan fingerprint density at radius 3 is 2.19 bits per heavy atom. The minimum atomic E-state index is -4.38. The van der Waals surface area contributed by atoms with Gasteiger partial charge in [-0.1, -0.05) is 0 Å². The monoisotopic (exact) mass is 393 g/mol. The number of pyridine rings is 1. The Morgan fingerprint density at radius 1 is 1.12 bits per heavy atom. The molecule has 0 amide bonds.